The van der Waals surface area contributed by atoms with Crippen LogP contribution < -0.4 is 5.32 Å². The number of aromatic nitrogens is 1. The third kappa shape index (κ3) is 2.44. The van der Waals surface area contributed by atoms with Crippen LogP contribution in [0.4, 0.5) is 0 Å². The van der Waals surface area contributed by atoms with Crippen molar-refractivity contribution in [3.63, 3.8) is 0 Å². The maximum Gasteiger partial charge on any atom is 0.110 e. The van der Waals surface area contributed by atoms with Gasteiger partial charge in [0.05, 0.1) is 12.1 Å². The van der Waals surface area contributed by atoms with Gasteiger partial charge in [0.1, 0.15) is 5.01 Å². The maximum atomic E-state index is 4.68. The van der Waals surface area contributed by atoms with E-state index in [2.05, 4.69) is 64.4 Å². The summed E-state index contributed by atoms with van der Waals surface area (Å²) in [5.41, 5.74) is 3.91. The lowest BCUT2D eigenvalue weighted by molar-refractivity contribution is 0.456. The van der Waals surface area contributed by atoms with Crippen LogP contribution >= 0.6 is 22.7 Å². The van der Waals surface area contributed by atoms with Crippen molar-refractivity contribution < 1.29 is 0 Å². The highest BCUT2D eigenvalue weighted by Crippen LogP contribution is 2.39. The molecule has 21 heavy (non-hydrogen) atoms. The summed E-state index contributed by atoms with van der Waals surface area (Å²) in [5.74, 6) is 0. The van der Waals surface area contributed by atoms with Crippen LogP contribution in [0.25, 0.3) is 0 Å². The molecule has 106 valence electrons. The number of fused-ring (bicyclic) bond motifs is 1. The predicted octanol–water partition coefficient (Wildman–Crippen LogP) is 4.49. The number of thiophene rings is 1. The average molecular weight is 312 g/mol. The van der Waals surface area contributed by atoms with Crippen LogP contribution in [0, 0.1) is 6.92 Å². The second-order valence-corrected chi connectivity index (χ2v) is 7.24. The molecule has 2 aromatic heterocycles. The standard InChI is InChI=1S/C17H16N2S2/c1-11-10-21-17(18-11)14-9-13-7-8-20-16(13)15(19-14)12-5-3-2-4-6-12/h2-8,10,14-15,19H,9H2,1H3/t14-,15-/m0/s1. The summed E-state index contributed by atoms with van der Waals surface area (Å²) < 4.78 is 0. The van der Waals surface area contributed by atoms with E-state index in [1.165, 1.54) is 21.0 Å². The smallest absolute Gasteiger partial charge is 0.110 e. The van der Waals surface area contributed by atoms with Gasteiger partial charge >= 0.3 is 0 Å². The predicted molar refractivity (Wildman–Crippen MR) is 89.0 cm³/mol. The number of thiazole rings is 1. The van der Waals surface area contributed by atoms with Crippen LogP contribution in [0.3, 0.4) is 0 Å². The van der Waals surface area contributed by atoms with E-state index >= 15 is 0 Å². The molecule has 2 nitrogen and oxygen atoms in total. The summed E-state index contributed by atoms with van der Waals surface area (Å²) in [5, 5.41) is 9.34. The Hall–Kier alpha value is -1.49. The van der Waals surface area contributed by atoms with Crippen LogP contribution in [0.15, 0.2) is 47.2 Å². The number of hydrogen-bond donors (Lipinski definition) is 1. The Labute approximate surface area is 132 Å². The minimum absolute atomic E-state index is 0.282. The molecule has 0 saturated heterocycles. The zero-order valence-electron chi connectivity index (χ0n) is 11.7. The van der Waals surface area contributed by atoms with Crippen LogP contribution in [-0.2, 0) is 6.42 Å². The van der Waals surface area contributed by atoms with E-state index < -0.39 is 0 Å². The van der Waals surface area contributed by atoms with Gasteiger partial charge in [0.15, 0.2) is 0 Å². The van der Waals surface area contributed by atoms with Gasteiger partial charge in [-0.15, -0.1) is 22.7 Å². The van der Waals surface area contributed by atoms with E-state index in [-0.39, 0.29) is 6.04 Å². The Kier molecular flexibility index (Phi) is 3.37. The fourth-order valence-corrected chi connectivity index (χ4v) is 4.79. The lowest BCUT2D eigenvalue weighted by Crippen LogP contribution is -2.33. The van der Waals surface area contributed by atoms with Crippen LogP contribution in [-0.4, -0.2) is 4.98 Å². The summed E-state index contributed by atoms with van der Waals surface area (Å²) in [6, 6.07) is 13.6. The summed E-state index contributed by atoms with van der Waals surface area (Å²) in [6.45, 7) is 2.06. The number of rotatable bonds is 2. The Morgan fingerprint density at radius 1 is 1.14 bits per heavy atom. The van der Waals surface area contributed by atoms with E-state index in [9.17, 15) is 0 Å². The molecule has 0 fully saturated rings. The molecular weight excluding hydrogens is 296 g/mol. The Morgan fingerprint density at radius 3 is 2.76 bits per heavy atom. The highest BCUT2D eigenvalue weighted by atomic mass is 32.1. The van der Waals surface area contributed by atoms with Gasteiger partial charge in [-0.25, -0.2) is 4.98 Å². The van der Waals surface area contributed by atoms with Crippen molar-refractivity contribution in [1.29, 1.82) is 0 Å². The minimum Gasteiger partial charge on any atom is -0.296 e. The second-order valence-electron chi connectivity index (χ2n) is 5.40. The largest absolute Gasteiger partial charge is 0.296 e. The monoisotopic (exact) mass is 312 g/mol. The lowest BCUT2D eigenvalue weighted by Gasteiger charge is -2.30. The van der Waals surface area contributed by atoms with Crippen molar-refractivity contribution in [3.8, 4) is 0 Å². The molecule has 0 bridgehead atoms. The van der Waals surface area contributed by atoms with Gasteiger partial charge in [-0.1, -0.05) is 30.3 Å². The van der Waals surface area contributed by atoms with Crippen LogP contribution in [0.2, 0.25) is 0 Å². The van der Waals surface area contributed by atoms with E-state index in [1.807, 2.05) is 11.3 Å². The molecular formula is C17H16N2S2. The van der Waals surface area contributed by atoms with Crippen molar-refractivity contribution in [2.24, 2.45) is 0 Å². The topological polar surface area (TPSA) is 24.9 Å². The molecule has 1 aliphatic heterocycles. The van der Waals surface area contributed by atoms with Crippen molar-refractivity contribution in [2.45, 2.75) is 25.4 Å². The Balaban J connectivity index is 1.74. The van der Waals surface area contributed by atoms with E-state index in [1.54, 1.807) is 11.3 Å². The zero-order chi connectivity index (χ0) is 14.2. The van der Waals surface area contributed by atoms with Gasteiger partial charge in [0.2, 0.25) is 0 Å². The molecule has 1 N–H and O–H groups in total. The molecule has 3 heterocycles. The first-order valence-corrected chi connectivity index (χ1v) is 8.86. The van der Waals surface area contributed by atoms with E-state index in [0.29, 0.717) is 6.04 Å². The van der Waals surface area contributed by atoms with Gasteiger partial charge in [-0.3, -0.25) is 5.32 Å². The van der Waals surface area contributed by atoms with Crippen LogP contribution in [0.5, 0.6) is 0 Å². The first-order valence-electron chi connectivity index (χ1n) is 7.10. The molecule has 2 atom stereocenters. The normalized spacial score (nSPS) is 21.2. The molecule has 0 spiro atoms. The maximum absolute atomic E-state index is 4.68. The molecule has 3 aromatic rings. The van der Waals surface area contributed by atoms with Gasteiger partial charge in [-0.2, -0.15) is 0 Å². The summed E-state index contributed by atoms with van der Waals surface area (Å²) >= 11 is 3.61. The number of aryl methyl sites for hydroxylation is 1. The lowest BCUT2D eigenvalue weighted by atomic mass is 9.93. The van der Waals surface area contributed by atoms with Gasteiger partial charge < -0.3 is 0 Å². The Bertz CT molecular complexity index is 745. The molecule has 0 amide bonds. The summed E-state index contributed by atoms with van der Waals surface area (Å²) in [6.07, 6.45) is 1.04. The molecule has 4 heteroatoms. The van der Waals surface area contributed by atoms with Crippen molar-refractivity contribution in [3.05, 3.63) is 73.9 Å². The third-order valence-corrected chi connectivity index (χ3v) is 6.00. The first kappa shape index (κ1) is 13.2. The highest BCUT2D eigenvalue weighted by Gasteiger charge is 2.30. The highest BCUT2D eigenvalue weighted by molar-refractivity contribution is 7.10. The fraction of sp³-hybridized carbons (Fsp3) is 0.235. The van der Waals surface area contributed by atoms with Crippen molar-refractivity contribution in [2.75, 3.05) is 0 Å². The number of hydrogen-bond acceptors (Lipinski definition) is 4. The van der Waals surface area contributed by atoms with E-state index in [0.717, 1.165) is 12.1 Å². The van der Waals surface area contributed by atoms with E-state index in [4.69, 9.17) is 0 Å². The number of nitrogens with one attached hydrogen (secondary N) is 1. The number of nitrogens with zero attached hydrogens (tertiary/aromatic N) is 1. The van der Waals surface area contributed by atoms with Crippen molar-refractivity contribution in [1.82, 2.24) is 10.3 Å². The SMILES string of the molecule is Cc1csc([C@@H]2Cc3ccsc3[C@H](c3ccccc3)N2)n1. The molecule has 0 unspecified atom stereocenters. The molecule has 1 aromatic carbocycles. The number of benzene rings is 1. The zero-order valence-corrected chi connectivity index (χ0v) is 13.4. The van der Waals surface area contributed by atoms with Crippen molar-refractivity contribution >= 4 is 22.7 Å². The molecule has 0 radical (unpaired) electrons. The quantitative estimate of drug-likeness (QED) is 0.754. The summed E-state index contributed by atoms with van der Waals surface area (Å²) in [7, 11) is 0. The minimum atomic E-state index is 0.282. The van der Waals surface area contributed by atoms with Crippen LogP contribution in [0.1, 0.15) is 38.8 Å². The van der Waals surface area contributed by atoms with Gasteiger partial charge in [0, 0.05) is 16.0 Å². The first-order chi connectivity index (χ1) is 10.3. The fourth-order valence-electron chi connectivity index (χ4n) is 2.91. The second kappa shape index (κ2) is 5.37. The molecule has 0 saturated carbocycles. The van der Waals surface area contributed by atoms with Gasteiger partial charge in [0.25, 0.3) is 0 Å². The summed E-state index contributed by atoms with van der Waals surface area (Å²) in [4.78, 5) is 6.13. The average Bonchev–Trinajstić information content (AvgIpc) is 3.15. The Morgan fingerprint density at radius 2 is 2.00 bits per heavy atom. The molecule has 4 rings (SSSR count). The molecule has 0 aliphatic carbocycles. The molecule has 1 aliphatic rings. The van der Waals surface area contributed by atoms with Gasteiger partial charge in [-0.05, 0) is 35.9 Å². The third-order valence-electron chi connectivity index (χ3n) is 3.90.